The lowest BCUT2D eigenvalue weighted by Crippen LogP contribution is -2.45. The van der Waals surface area contributed by atoms with E-state index in [4.69, 9.17) is 4.74 Å². The van der Waals surface area contributed by atoms with E-state index in [2.05, 4.69) is 27.8 Å². The molecule has 0 N–H and O–H groups in total. The molecule has 3 atom stereocenters. The van der Waals surface area contributed by atoms with Crippen LogP contribution in [-0.4, -0.2) is 42.5 Å². The summed E-state index contributed by atoms with van der Waals surface area (Å²) in [6.45, 7) is 4.83. The molecule has 3 nitrogen and oxygen atoms in total. The van der Waals surface area contributed by atoms with E-state index >= 15 is 0 Å². The molecule has 2 rings (SSSR count). The molecule has 0 bridgehead atoms. The lowest BCUT2D eigenvalue weighted by molar-refractivity contribution is 0.0605. The molecule has 0 aromatic heterocycles. The average Bonchev–Trinajstić information content (AvgIpc) is 2.83. The van der Waals surface area contributed by atoms with Crippen molar-refractivity contribution >= 4 is 21.7 Å². The zero-order valence-corrected chi connectivity index (χ0v) is 13.2. The minimum absolute atomic E-state index is 0.129. The molecule has 104 valence electrons. The summed E-state index contributed by atoms with van der Waals surface area (Å²) in [5.74, 6) is 0.161. The molecule has 1 aliphatic heterocycles. The highest BCUT2D eigenvalue weighted by Crippen LogP contribution is 2.22. The van der Waals surface area contributed by atoms with E-state index in [1.165, 1.54) is 0 Å². The first-order valence-corrected chi connectivity index (χ1v) is 7.43. The summed E-state index contributed by atoms with van der Waals surface area (Å²) >= 11 is 3.38. The summed E-state index contributed by atoms with van der Waals surface area (Å²) in [7, 11) is 2.01. The minimum atomic E-state index is -0.129. The third-order valence-corrected chi connectivity index (χ3v) is 4.51. The molecular weight excluding hydrogens is 306 g/mol. The highest BCUT2D eigenvalue weighted by Gasteiger charge is 2.32. The molecule has 0 radical (unpaired) electrons. The molecule has 0 aliphatic carbocycles. The van der Waals surface area contributed by atoms with Crippen LogP contribution in [-0.2, 0) is 4.74 Å². The largest absolute Gasteiger partial charge is 0.377 e. The highest BCUT2D eigenvalue weighted by molar-refractivity contribution is 9.10. The van der Waals surface area contributed by atoms with E-state index in [9.17, 15) is 4.79 Å². The molecule has 1 aromatic rings. The van der Waals surface area contributed by atoms with Crippen LogP contribution in [0.15, 0.2) is 28.7 Å². The van der Waals surface area contributed by atoms with E-state index in [0.29, 0.717) is 6.04 Å². The summed E-state index contributed by atoms with van der Waals surface area (Å²) in [6.07, 6.45) is 1.19. The number of ketones is 1. The molecule has 3 unspecified atom stereocenters. The monoisotopic (exact) mass is 325 g/mol. The van der Waals surface area contributed by atoms with Crippen LogP contribution in [0.5, 0.6) is 0 Å². The van der Waals surface area contributed by atoms with Crippen LogP contribution < -0.4 is 0 Å². The zero-order chi connectivity index (χ0) is 14.0. The molecular formula is C15H20BrNO2. The van der Waals surface area contributed by atoms with Gasteiger partial charge in [0.05, 0.1) is 12.1 Å². The smallest absolute Gasteiger partial charge is 0.179 e. The van der Waals surface area contributed by atoms with E-state index in [-0.39, 0.29) is 17.9 Å². The number of benzene rings is 1. The molecule has 1 saturated heterocycles. The van der Waals surface area contributed by atoms with Gasteiger partial charge in [-0.25, -0.2) is 0 Å². The first-order chi connectivity index (χ1) is 9.00. The van der Waals surface area contributed by atoms with Crippen molar-refractivity contribution < 1.29 is 9.53 Å². The lowest BCUT2D eigenvalue weighted by Gasteiger charge is -2.31. The lowest BCUT2D eigenvalue weighted by atomic mass is 10.0. The van der Waals surface area contributed by atoms with Gasteiger partial charge in [-0.15, -0.1) is 0 Å². The first-order valence-electron chi connectivity index (χ1n) is 6.64. The van der Waals surface area contributed by atoms with Crippen molar-refractivity contribution in [3.63, 3.8) is 0 Å². The number of nitrogens with zero attached hydrogens (tertiary/aromatic N) is 1. The van der Waals surface area contributed by atoms with Crippen molar-refractivity contribution in [2.24, 2.45) is 0 Å². The Morgan fingerprint density at radius 1 is 1.42 bits per heavy atom. The Balaban J connectivity index is 2.08. The number of likely N-dealkylation sites (N-methyl/N-ethyl adjacent to an activating group) is 1. The maximum Gasteiger partial charge on any atom is 0.179 e. The Bertz CT molecular complexity index is 446. The van der Waals surface area contributed by atoms with E-state index in [1.54, 1.807) is 0 Å². The predicted molar refractivity (Wildman–Crippen MR) is 79.5 cm³/mol. The third kappa shape index (κ3) is 3.25. The highest BCUT2D eigenvalue weighted by atomic mass is 79.9. The SMILES string of the molecule is CC1OCCC1N(C)C(C)C(=O)c1ccc(Br)cc1. The van der Waals surface area contributed by atoms with Gasteiger partial charge < -0.3 is 4.74 Å². The summed E-state index contributed by atoms with van der Waals surface area (Å²) in [5.41, 5.74) is 0.758. The molecule has 1 fully saturated rings. The topological polar surface area (TPSA) is 29.5 Å². The van der Waals surface area contributed by atoms with Gasteiger partial charge in [0.1, 0.15) is 0 Å². The Hall–Kier alpha value is -0.710. The van der Waals surface area contributed by atoms with E-state index in [1.807, 2.05) is 38.2 Å². The Morgan fingerprint density at radius 2 is 2.05 bits per heavy atom. The van der Waals surface area contributed by atoms with Gasteiger partial charge in [0, 0.05) is 22.7 Å². The number of carbonyl (C=O) groups is 1. The van der Waals surface area contributed by atoms with Crippen LogP contribution >= 0.6 is 15.9 Å². The second kappa shape index (κ2) is 6.16. The van der Waals surface area contributed by atoms with Crippen molar-refractivity contribution in [3.05, 3.63) is 34.3 Å². The van der Waals surface area contributed by atoms with Gasteiger partial charge in [0.25, 0.3) is 0 Å². The first kappa shape index (κ1) is 14.7. The Kier molecular flexibility index (Phi) is 4.76. The van der Waals surface area contributed by atoms with Crippen LogP contribution in [0.3, 0.4) is 0 Å². The fourth-order valence-electron chi connectivity index (χ4n) is 2.58. The third-order valence-electron chi connectivity index (χ3n) is 3.98. The van der Waals surface area contributed by atoms with Crippen LogP contribution in [0.25, 0.3) is 0 Å². The Morgan fingerprint density at radius 3 is 2.58 bits per heavy atom. The molecule has 1 aliphatic rings. The number of halogens is 1. The minimum Gasteiger partial charge on any atom is -0.377 e. The van der Waals surface area contributed by atoms with Gasteiger partial charge in [-0.3, -0.25) is 9.69 Å². The molecule has 19 heavy (non-hydrogen) atoms. The van der Waals surface area contributed by atoms with Gasteiger partial charge in [-0.1, -0.05) is 28.1 Å². The number of rotatable bonds is 4. The van der Waals surface area contributed by atoms with Gasteiger partial charge in [0.2, 0.25) is 0 Å². The van der Waals surface area contributed by atoms with Crippen LogP contribution in [0.4, 0.5) is 0 Å². The van der Waals surface area contributed by atoms with Gasteiger partial charge >= 0.3 is 0 Å². The quantitative estimate of drug-likeness (QED) is 0.796. The van der Waals surface area contributed by atoms with E-state index in [0.717, 1.165) is 23.1 Å². The number of Topliss-reactive ketones (excluding diaryl/α,β-unsaturated/α-hetero) is 1. The number of carbonyl (C=O) groups excluding carboxylic acids is 1. The second-order valence-corrected chi connectivity index (χ2v) is 6.06. The molecule has 0 amide bonds. The van der Waals surface area contributed by atoms with Crippen molar-refractivity contribution in [1.29, 1.82) is 0 Å². The second-order valence-electron chi connectivity index (χ2n) is 5.14. The fraction of sp³-hybridized carbons (Fsp3) is 0.533. The average molecular weight is 326 g/mol. The fourth-order valence-corrected chi connectivity index (χ4v) is 2.85. The maximum absolute atomic E-state index is 12.5. The van der Waals surface area contributed by atoms with Crippen LogP contribution in [0.2, 0.25) is 0 Å². The van der Waals surface area contributed by atoms with Crippen molar-refractivity contribution in [2.75, 3.05) is 13.7 Å². The van der Waals surface area contributed by atoms with Crippen LogP contribution in [0.1, 0.15) is 30.6 Å². The molecule has 0 spiro atoms. The van der Waals surface area contributed by atoms with Gasteiger partial charge in [-0.05, 0) is 39.4 Å². The Labute approximate surface area is 123 Å². The summed E-state index contributed by atoms with van der Waals surface area (Å²) < 4.78 is 6.57. The number of hydrogen-bond acceptors (Lipinski definition) is 3. The number of hydrogen-bond donors (Lipinski definition) is 0. The molecule has 0 saturated carbocycles. The summed E-state index contributed by atoms with van der Waals surface area (Å²) in [6, 6.07) is 7.74. The normalized spacial score (nSPS) is 24.7. The molecule has 1 aromatic carbocycles. The number of ether oxygens (including phenoxy) is 1. The van der Waals surface area contributed by atoms with E-state index < -0.39 is 0 Å². The molecule has 4 heteroatoms. The predicted octanol–water partition coefficient (Wildman–Crippen LogP) is 3.13. The summed E-state index contributed by atoms with van der Waals surface area (Å²) in [4.78, 5) is 14.6. The van der Waals surface area contributed by atoms with Crippen molar-refractivity contribution in [2.45, 2.75) is 38.5 Å². The van der Waals surface area contributed by atoms with Crippen molar-refractivity contribution in [3.8, 4) is 0 Å². The zero-order valence-electron chi connectivity index (χ0n) is 11.6. The maximum atomic E-state index is 12.5. The van der Waals surface area contributed by atoms with Gasteiger partial charge in [0.15, 0.2) is 5.78 Å². The standard InChI is InChI=1S/C15H20BrNO2/c1-10(17(3)14-8-9-19-11(14)2)15(18)12-4-6-13(16)7-5-12/h4-7,10-11,14H,8-9H2,1-3H3. The van der Waals surface area contributed by atoms with Crippen molar-refractivity contribution in [1.82, 2.24) is 4.90 Å². The summed E-state index contributed by atoms with van der Waals surface area (Å²) in [5, 5.41) is 0. The van der Waals surface area contributed by atoms with Gasteiger partial charge in [-0.2, -0.15) is 0 Å². The van der Waals surface area contributed by atoms with Crippen LogP contribution in [0, 0.1) is 0 Å². The molecule has 1 heterocycles.